The SMILES string of the molecule is CI.CI.Cn1[nH]ccc1=O.Cn1c(=O)c(I)cn1COCC[Si](C)(C)C.Cn1c(=O)ccn1COCC[Si](C)(C)C. The van der Waals surface area contributed by atoms with Gasteiger partial charge in [-0.1, -0.05) is 84.5 Å². The third-order valence-corrected chi connectivity index (χ3v) is 9.65. The summed E-state index contributed by atoms with van der Waals surface area (Å²) < 4.78 is 19.9. The van der Waals surface area contributed by atoms with E-state index in [1.807, 2.05) is 38.6 Å². The van der Waals surface area contributed by atoms with E-state index in [1.54, 1.807) is 58.3 Å². The van der Waals surface area contributed by atoms with E-state index in [-0.39, 0.29) is 16.7 Å². The van der Waals surface area contributed by atoms with Crippen molar-refractivity contribution < 1.29 is 9.47 Å². The van der Waals surface area contributed by atoms with Crippen molar-refractivity contribution in [1.29, 1.82) is 0 Å². The lowest BCUT2D eigenvalue weighted by atomic mass is 10.7. The van der Waals surface area contributed by atoms with Gasteiger partial charge in [0.05, 0.1) is 3.57 Å². The zero-order chi connectivity index (χ0) is 33.1. The van der Waals surface area contributed by atoms with Gasteiger partial charge < -0.3 is 14.6 Å². The van der Waals surface area contributed by atoms with E-state index in [9.17, 15) is 14.4 Å². The Morgan fingerprint density at radius 1 is 0.738 bits per heavy atom. The van der Waals surface area contributed by atoms with Crippen LogP contribution < -0.4 is 16.7 Å². The summed E-state index contributed by atoms with van der Waals surface area (Å²) in [6.45, 7) is 16.4. The molecule has 0 amide bonds. The quantitative estimate of drug-likeness (QED) is 0.127. The maximum Gasteiger partial charge on any atom is 0.279 e. The van der Waals surface area contributed by atoms with Gasteiger partial charge in [-0.25, -0.2) is 0 Å². The van der Waals surface area contributed by atoms with E-state index in [2.05, 4.69) is 89.6 Å². The second kappa shape index (κ2) is 23.0. The second-order valence-corrected chi connectivity index (χ2v) is 23.8. The number of rotatable bonds is 10. The van der Waals surface area contributed by atoms with Gasteiger partial charge in [-0.15, -0.1) is 0 Å². The molecule has 0 fully saturated rings. The topological polar surface area (TPSA) is 110 Å². The Labute approximate surface area is 293 Å². The lowest BCUT2D eigenvalue weighted by molar-refractivity contribution is 0.0702. The van der Waals surface area contributed by atoms with Crippen molar-refractivity contribution in [1.82, 2.24) is 28.5 Å². The van der Waals surface area contributed by atoms with Crippen molar-refractivity contribution in [2.75, 3.05) is 23.1 Å². The van der Waals surface area contributed by atoms with E-state index in [4.69, 9.17) is 9.47 Å². The molecule has 0 aliphatic heterocycles. The minimum absolute atomic E-state index is 0.000000000000000222. The third kappa shape index (κ3) is 19.8. The summed E-state index contributed by atoms with van der Waals surface area (Å²) in [6, 6.07) is 5.32. The van der Waals surface area contributed by atoms with Gasteiger partial charge in [0.2, 0.25) is 0 Å². The minimum atomic E-state index is -1.02. The van der Waals surface area contributed by atoms with Crippen LogP contribution in [0.4, 0.5) is 0 Å². The Kier molecular flexibility index (Phi) is 23.9. The number of halogens is 3. The fraction of sp³-hybridized carbons (Fsp3) is 0.654. The van der Waals surface area contributed by atoms with Crippen molar-refractivity contribution in [2.24, 2.45) is 21.1 Å². The molecule has 244 valence electrons. The lowest BCUT2D eigenvalue weighted by Crippen LogP contribution is -2.24. The number of nitrogens with zero attached hydrogens (tertiary/aromatic N) is 5. The van der Waals surface area contributed by atoms with E-state index in [0.29, 0.717) is 13.5 Å². The van der Waals surface area contributed by atoms with Crippen LogP contribution in [0.3, 0.4) is 0 Å². The van der Waals surface area contributed by atoms with Gasteiger partial charge in [0.1, 0.15) is 13.5 Å². The summed E-state index contributed by atoms with van der Waals surface area (Å²) in [6.07, 6.45) is 5.16. The minimum Gasteiger partial charge on any atom is -0.360 e. The average molecular weight is 965 g/mol. The number of nitrogens with one attached hydrogen (secondary N) is 1. The maximum atomic E-state index is 11.5. The van der Waals surface area contributed by atoms with Crippen LogP contribution in [0, 0.1) is 3.57 Å². The molecule has 11 nitrogen and oxygen atoms in total. The highest BCUT2D eigenvalue weighted by Crippen LogP contribution is 2.08. The predicted molar refractivity (Wildman–Crippen MR) is 206 cm³/mol. The van der Waals surface area contributed by atoms with Gasteiger partial charge in [-0.2, -0.15) is 0 Å². The standard InChI is InChI=1S/C10H19IN2O2Si.C10H20N2O2Si.C4H6N2O.2CH3I/c1-12-10(14)9(11)7-13(12)8-15-5-6-16(2,3)4;1-11-10(13)5-6-12(11)9-14-7-8-15(2,3)4;1-6-4(7)2-3-5-6;2*1-2/h7H,5-6,8H2,1-4H3;5-6H,7-9H2,1-4H3;2-3,5H,1H3;2*1H3. The van der Waals surface area contributed by atoms with Crippen molar-refractivity contribution in [3.63, 3.8) is 0 Å². The van der Waals surface area contributed by atoms with Gasteiger partial charge in [-0.05, 0) is 44.5 Å². The Hall–Kier alpha value is -0.426. The zero-order valence-corrected chi connectivity index (χ0v) is 35.5. The lowest BCUT2D eigenvalue weighted by Gasteiger charge is -2.16. The molecule has 3 aromatic heterocycles. The number of ether oxygens (including phenoxy) is 2. The molecule has 3 aromatic rings. The summed E-state index contributed by atoms with van der Waals surface area (Å²) in [5.41, 5.74) is 0.0400. The smallest absolute Gasteiger partial charge is 0.279 e. The summed E-state index contributed by atoms with van der Waals surface area (Å²) in [7, 11) is 3.14. The van der Waals surface area contributed by atoms with Crippen LogP contribution >= 0.6 is 67.8 Å². The molecule has 0 unspecified atom stereocenters. The molecule has 0 aliphatic rings. The van der Waals surface area contributed by atoms with Crippen molar-refractivity contribution in [2.45, 2.75) is 64.8 Å². The first-order chi connectivity index (χ1) is 19.5. The molecule has 0 aromatic carbocycles. The molecule has 0 atom stereocenters. The Morgan fingerprint density at radius 2 is 1.21 bits per heavy atom. The van der Waals surface area contributed by atoms with Crippen LogP contribution in [0.2, 0.25) is 51.4 Å². The van der Waals surface area contributed by atoms with Crippen LogP contribution in [-0.4, -0.2) is 67.7 Å². The first-order valence-electron chi connectivity index (χ1n) is 13.3. The second-order valence-electron chi connectivity index (χ2n) is 11.4. The van der Waals surface area contributed by atoms with E-state index in [0.717, 1.165) is 28.9 Å². The molecule has 3 heterocycles. The van der Waals surface area contributed by atoms with Gasteiger partial charge in [0, 0.05) is 81.2 Å². The number of aryl methyl sites for hydroxylation is 1. The molecule has 16 heteroatoms. The molecular formula is C26H51I3N6O5Si2. The van der Waals surface area contributed by atoms with E-state index < -0.39 is 16.1 Å². The Bertz CT molecular complexity index is 1280. The summed E-state index contributed by atoms with van der Waals surface area (Å²) >= 11 is 6.34. The normalized spacial score (nSPS) is 10.7. The maximum absolute atomic E-state index is 11.5. The van der Waals surface area contributed by atoms with E-state index in [1.165, 1.54) is 10.7 Å². The first-order valence-corrected chi connectivity index (χ1v) is 26.1. The number of H-pyrrole nitrogens is 1. The monoisotopic (exact) mass is 964 g/mol. The van der Waals surface area contributed by atoms with Gasteiger partial charge in [-0.3, -0.25) is 37.8 Å². The van der Waals surface area contributed by atoms with Crippen LogP contribution in [0.25, 0.3) is 0 Å². The number of hydrogen-bond donors (Lipinski definition) is 1. The van der Waals surface area contributed by atoms with Crippen molar-refractivity contribution in [3.8, 4) is 0 Å². The molecule has 3 rings (SSSR count). The van der Waals surface area contributed by atoms with Gasteiger partial charge in [0.25, 0.3) is 16.7 Å². The summed E-state index contributed by atoms with van der Waals surface area (Å²) in [4.78, 5) is 36.9. The molecule has 0 saturated carbocycles. The molecule has 0 radical (unpaired) electrons. The number of aromatic nitrogens is 6. The van der Waals surface area contributed by atoms with Crippen molar-refractivity contribution in [3.05, 3.63) is 65.4 Å². The molecule has 0 saturated heterocycles. The molecule has 0 aliphatic carbocycles. The summed E-state index contributed by atoms with van der Waals surface area (Å²) in [5.74, 6) is 0. The zero-order valence-electron chi connectivity index (χ0n) is 27.0. The average Bonchev–Trinajstić information content (AvgIpc) is 3.54. The molecule has 0 bridgehead atoms. The molecule has 0 spiro atoms. The van der Waals surface area contributed by atoms with Gasteiger partial charge >= 0.3 is 0 Å². The Morgan fingerprint density at radius 3 is 1.50 bits per heavy atom. The van der Waals surface area contributed by atoms with Gasteiger partial charge in [0.15, 0.2) is 0 Å². The largest absolute Gasteiger partial charge is 0.360 e. The number of hydrogen-bond acceptors (Lipinski definition) is 5. The predicted octanol–water partition coefficient (Wildman–Crippen LogP) is 5.42. The highest BCUT2D eigenvalue weighted by Gasteiger charge is 2.13. The molecule has 1 N–H and O–H groups in total. The van der Waals surface area contributed by atoms with Crippen LogP contribution in [0.5, 0.6) is 0 Å². The highest BCUT2D eigenvalue weighted by molar-refractivity contribution is 14.1. The highest BCUT2D eigenvalue weighted by atomic mass is 127. The first kappa shape index (κ1) is 43.7. The van der Waals surface area contributed by atoms with Crippen molar-refractivity contribution >= 4 is 83.9 Å². The number of aromatic amines is 1. The fourth-order valence-electron chi connectivity index (χ4n) is 2.75. The third-order valence-electron chi connectivity index (χ3n) is 5.50. The Balaban J connectivity index is 0. The molecule has 42 heavy (non-hydrogen) atoms. The summed E-state index contributed by atoms with van der Waals surface area (Å²) in [5, 5.41) is 2.67. The fourth-order valence-corrected chi connectivity index (χ4v) is 4.93. The molecular weight excluding hydrogens is 913 g/mol. The number of alkyl halides is 2. The van der Waals surface area contributed by atoms with E-state index >= 15 is 0 Å². The van der Waals surface area contributed by atoms with Crippen LogP contribution in [0.1, 0.15) is 0 Å². The van der Waals surface area contributed by atoms with Crippen LogP contribution in [-0.2, 0) is 44.1 Å². The van der Waals surface area contributed by atoms with Crippen LogP contribution in [0.15, 0.2) is 45.1 Å².